The Kier molecular flexibility index (Phi) is 6.79. The van der Waals surface area contributed by atoms with Crippen LogP contribution in [-0.2, 0) is 14.4 Å². The second-order valence-corrected chi connectivity index (χ2v) is 6.54. The largest absolute Gasteiger partial charge is 0.484 e. The summed E-state index contributed by atoms with van der Waals surface area (Å²) in [7, 11) is 1.46. The van der Waals surface area contributed by atoms with Crippen molar-refractivity contribution in [2.24, 2.45) is 5.92 Å². The van der Waals surface area contributed by atoms with E-state index in [-0.39, 0.29) is 36.4 Å². The number of carboxylic acid groups (broad SMARTS) is 1. The third kappa shape index (κ3) is 5.32. The summed E-state index contributed by atoms with van der Waals surface area (Å²) in [6, 6.07) is 3.74. The van der Waals surface area contributed by atoms with E-state index in [9.17, 15) is 18.8 Å². The molecule has 2 amide bonds. The number of carboxylic acids is 1. The number of benzene rings is 1. The summed E-state index contributed by atoms with van der Waals surface area (Å²) in [5.74, 6) is -2.58. The number of nitrogens with zero attached hydrogens (tertiary/aromatic N) is 2. The summed E-state index contributed by atoms with van der Waals surface area (Å²) < 4.78 is 18.3. The number of carbonyl (C=O) groups excluding carboxylic acids is 2. The van der Waals surface area contributed by atoms with Gasteiger partial charge < -0.3 is 19.6 Å². The molecule has 1 heterocycles. The number of hydrogen-bond acceptors (Lipinski definition) is 4. The summed E-state index contributed by atoms with van der Waals surface area (Å²) in [5.41, 5.74) is 0. The fourth-order valence-corrected chi connectivity index (χ4v) is 2.79. The molecular formula is C17H20ClFN2O5. The van der Waals surface area contributed by atoms with Crippen molar-refractivity contribution in [2.75, 3.05) is 33.3 Å². The maximum absolute atomic E-state index is 13.1. The third-order valence-corrected chi connectivity index (χ3v) is 4.46. The summed E-state index contributed by atoms with van der Waals surface area (Å²) in [4.78, 5) is 38.1. The first-order valence-electron chi connectivity index (χ1n) is 8.10. The molecule has 1 aliphatic heterocycles. The highest BCUT2D eigenvalue weighted by Gasteiger charge is 2.29. The SMILES string of the molecule is CN(CC(=O)N1CCCC(C(=O)O)C1)C(=O)COc1ccc(F)c(Cl)c1. The van der Waals surface area contributed by atoms with Crippen molar-refractivity contribution >= 4 is 29.4 Å². The van der Waals surface area contributed by atoms with Gasteiger partial charge in [-0.3, -0.25) is 14.4 Å². The molecule has 0 spiro atoms. The molecule has 7 nitrogen and oxygen atoms in total. The highest BCUT2D eigenvalue weighted by Crippen LogP contribution is 2.21. The number of ether oxygens (including phenoxy) is 1. The molecule has 1 unspecified atom stereocenters. The van der Waals surface area contributed by atoms with Crippen molar-refractivity contribution < 1.29 is 28.6 Å². The van der Waals surface area contributed by atoms with Crippen LogP contribution in [0.5, 0.6) is 5.75 Å². The Labute approximate surface area is 155 Å². The normalized spacial score (nSPS) is 16.9. The van der Waals surface area contributed by atoms with Gasteiger partial charge in [0, 0.05) is 26.2 Å². The number of hydrogen-bond donors (Lipinski definition) is 1. The van der Waals surface area contributed by atoms with E-state index < -0.39 is 23.6 Å². The van der Waals surface area contributed by atoms with E-state index in [2.05, 4.69) is 0 Å². The minimum Gasteiger partial charge on any atom is -0.484 e. The zero-order valence-corrected chi connectivity index (χ0v) is 15.0. The number of likely N-dealkylation sites (N-methyl/N-ethyl adjacent to an activating group) is 1. The molecule has 0 aromatic heterocycles. The van der Waals surface area contributed by atoms with Crippen molar-refractivity contribution in [3.8, 4) is 5.75 Å². The van der Waals surface area contributed by atoms with E-state index in [1.807, 2.05) is 0 Å². The van der Waals surface area contributed by atoms with Gasteiger partial charge in [-0.1, -0.05) is 11.6 Å². The number of amides is 2. The number of halogens is 2. The van der Waals surface area contributed by atoms with Crippen molar-refractivity contribution in [2.45, 2.75) is 12.8 Å². The first-order valence-corrected chi connectivity index (χ1v) is 8.48. The van der Waals surface area contributed by atoms with Crippen LogP contribution < -0.4 is 4.74 Å². The van der Waals surface area contributed by atoms with Gasteiger partial charge in [0.1, 0.15) is 11.6 Å². The zero-order chi connectivity index (χ0) is 19.3. The van der Waals surface area contributed by atoms with Crippen LogP contribution >= 0.6 is 11.6 Å². The highest BCUT2D eigenvalue weighted by molar-refractivity contribution is 6.30. The standard InChI is InChI=1S/C17H20ClFN2O5/c1-20(9-15(22)21-6-2-3-11(8-21)17(24)25)16(23)10-26-12-4-5-14(19)13(18)7-12/h4-5,7,11H,2-3,6,8-10H2,1H3,(H,24,25). The van der Waals surface area contributed by atoms with E-state index in [0.29, 0.717) is 19.4 Å². The molecule has 2 rings (SSSR count). The van der Waals surface area contributed by atoms with Crippen LogP contribution in [-0.4, -0.2) is 66.0 Å². The van der Waals surface area contributed by atoms with Gasteiger partial charge in [0.05, 0.1) is 17.5 Å². The summed E-state index contributed by atoms with van der Waals surface area (Å²) >= 11 is 5.64. The molecule has 142 valence electrons. The number of carbonyl (C=O) groups is 3. The number of likely N-dealkylation sites (tertiary alicyclic amines) is 1. The van der Waals surface area contributed by atoms with Crippen LogP contribution in [0.1, 0.15) is 12.8 Å². The topological polar surface area (TPSA) is 87.2 Å². The second kappa shape index (κ2) is 8.84. The van der Waals surface area contributed by atoms with E-state index in [4.69, 9.17) is 21.4 Å². The Bertz CT molecular complexity index is 700. The summed E-state index contributed by atoms with van der Waals surface area (Å²) in [6.45, 7) is 0.137. The molecule has 1 N–H and O–H groups in total. The average Bonchev–Trinajstić information content (AvgIpc) is 2.62. The monoisotopic (exact) mass is 386 g/mol. The highest BCUT2D eigenvalue weighted by atomic mass is 35.5. The molecule has 0 bridgehead atoms. The summed E-state index contributed by atoms with van der Waals surface area (Å²) in [5, 5.41) is 8.96. The first-order chi connectivity index (χ1) is 12.3. The van der Waals surface area contributed by atoms with Crippen LogP contribution in [0, 0.1) is 11.7 Å². The average molecular weight is 387 g/mol. The molecule has 0 aliphatic carbocycles. The lowest BCUT2D eigenvalue weighted by atomic mass is 9.98. The molecule has 26 heavy (non-hydrogen) atoms. The minimum atomic E-state index is -0.918. The van der Waals surface area contributed by atoms with Gasteiger partial charge in [0.2, 0.25) is 5.91 Å². The Morgan fingerprint density at radius 3 is 2.81 bits per heavy atom. The van der Waals surface area contributed by atoms with Crippen LogP contribution in [0.15, 0.2) is 18.2 Å². The van der Waals surface area contributed by atoms with E-state index >= 15 is 0 Å². The predicted octanol–water partition coefficient (Wildman–Crippen LogP) is 1.64. The predicted molar refractivity (Wildman–Crippen MR) is 91.5 cm³/mol. The number of rotatable bonds is 6. The molecular weight excluding hydrogens is 367 g/mol. The molecule has 0 saturated carbocycles. The summed E-state index contributed by atoms with van der Waals surface area (Å²) in [6.07, 6.45) is 1.16. The van der Waals surface area contributed by atoms with Gasteiger partial charge in [0.25, 0.3) is 5.91 Å². The lowest BCUT2D eigenvalue weighted by Crippen LogP contribution is -2.47. The maximum Gasteiger partial charge on any atom is 0.308 e. The van der Waals surface area contributed by atoms with Crippen LogP contribution in [0.3, 0.4) is 0 Å². The van der Waals surface area contributed by atoms with Crippen LogP contribution in [0.2, 0.25) is 5.02 Å². The molecule has 1 atom stereocenters. The molecule has 0 radical (unpaired) electrons. The van der Waals surface area contributed by atoms with E-state index in [1.54, 1.807) is 0 Å². The zero-order valence-electron chi connectivity index (χ0n) is 14.3. The Morgan fingerprint density at radius 2 is 2.15 bits per heavy atom. The Hall–Kier alpha value is -2.35. The van der Waals surface area contributed by atoms with Crippen LogP contribution in [0.4, 0.5) is 4.39 Å². The second-order valence-electron chi connectivity index (χ2n) is 6.13. The van der Waals surface area contributed by atoms with Gasteiger partial charge in [-0.15, -0.1) is 0 Å². The maximum atomic E-state index is 13.1. The van der Waals surface area contributed by atoms with Gasteiger partial charge in [-0.2, -0.15) is 0 Å². The van der Waals surface area contributed by atoms with Gasteiger partial charge in [0.15, 0.2) is 6.61 Å². The van der Waals surface area contributed by atoms with E-state index in [1.165, 1.54) is 29.0 Å². The fraction of sp³-hybridized carbons (Fsp3) is 0.471. The van der Waals surface area contributed by atoms with Crippen molar-refractivity contribution in [1.82, 2.24) is 9.80 Å². The van der Waals surface area contributed by atoms with Crippen molar-refractivity contribution in [1.29, 1.82) is 0 Å². The van der Waals surface area contributed by atoms with Gasteiger partial charge >= 0.3 is 5.97 Å². The molecule has 1 saturated heterocycles. The number of aliphatic carboxylic acids is 1. The molecule has 1 fully saturated rings. The van der Waals surface area contributed by atoms with Crippen molar-refractivity contribution in [3.63, 3.8) is 0 Å². The Morgan fingerprint density at radius 1 is 1.42 bits per heavy atom. The molecule has 1 aromatic rings. The lowest BCUT2D eigenvalue weighted by molar-refractivity contribution is -0.147. The minimum absolute atomic E-state index is 0.114. The fourth-order valence-electron chi connectivity index (χ4n) is 2.62. The van der Waals surface area contributed by atoms with E-state index in [0.717, 1.165) is 6.07 Å². The Balaban J connectivity index is 1.83. The quantitative estimate of drug-likeness (QED) is 0.803. The molecule has 1 aliphatic rings. The van der Waals surface area contributed by atoms with Crippen molar-refractivity contribution in [3.05, 3.63) is 29.0 Å². The van der Waals surface area contributed by atoms with Crippen LogP contribution in [0.25, 0.3) is 0 Å². The first kappa shape index (κ1) is 20.0. The van der Waals surface area contributed by atoms with Gasteiger partial charge in [-0.25, -0.2) is 4.39 Å². The number of piperidine rings is 1. The molecule has 9 heteroatoms. The third-order valence-electron chi connectivity index (χ3n) is 4.17. The smallest absolute Gasteiger partial charge is 0.308 e. The lowest BCUT2D eigenvalue weighted by Gasteiger charge is -2.32. The molecule has 1 aromatic carbocycles. The van der Waals surface area contributed by atoms with Gasteiger partial charge in [-0.05, 0) is 25.0 Å².